The molecule has 0 N–H and O–H groups in total. The van der Waals surface area contributed by atoms with E-state index in [2.05, 4.69) is 15.1 Å². The number of hydrogen-bond acceptors (Lipinski definition) is 5. The van der Waals surface area contributed by atoms with E-state index in [0.29, 0.717) is 0 Å². The smallest absolute Gasteiger partial charge is 0.258 e. The summed E-state index contributed by atoms with van der Waals surface area (Å²) >= 11 is 0. The molecule has 0 saturated carbocycles. The van der Waals surface area contributed by atoms with E-state index in [1.54, 1.807) is 6.07 Å². The maximum Gasteiger partial charge on any atom is 0.368 e. The van der Waals surface area contributed by atoms with Crippen molar-refractivity contribution in [3.05, 3.63) is 40.8 Å². The normalized spacial score (nSPS) is 10.2. The Bertz CT molecular complexity index is 498. The van der Waals surface area contributed by atoms with Crippen LogP contribution in [0.5, 0.6) is 0 Å². The quantitative estimate of drug-likeness (QED) is 0.413. The molecule has 0 radical (unpaired) electrons. The molecule has 0 spiro atoms. The summed E-state index contributed by atoms with van der Waals surface area (Å²) < 4.78 is 14.2. The van der Waals surface area contributed by atoms with Crippen molar-refractivity contribution in [3.8, 4) is 5.82 Å². The molecule has 0 aromatic carbocycles. The van der Waals surface area contributed by atoms with Crippen LogP contribution < -0.4 is 0 Å². The Morgan fingerprint density at radius 2 is 2.27 bits per heavy atom. The van der Waals surface area contributed by atoms with Crippen LogP contribution in [0.25, 0.3) is 5.82 Å². The van der Waals surface area contributed by atoms with Gasteiger partial charge in [-0.1, -0.05) is 0 Å². The van der Waals surface area contributed by atoms with E-state index in [4.69, 9.17) is 0 Å². The lowest BCUT2D eigenvalue weighted by Crippen LogP contribution is -2.06. The summed E-state index contributed by atoms with van der Waals surface area (Å²) in [4.78, 5) is 16.4. The van der Waals surface area contributed by atoms with Crippen LogP contribution in [0.3, 0.4) is 0 Å². The van der Waals surface area contributed by atoms with Crippen LogP contribution in [-0.4, -0.2) is 24.7 Å². The van der Waals surface area contributed by atoms with Crippen LogP contribution in [0.1, 0.15) is 0 Å². The van der Waals surface area contributed by atoms with Gasteiger partial charge >= 0.3 is 5.69 Å². The highest BCUT2D eigenvalue weighted by molar-refractivity contribution is 5.44. The van der Waals surface area contributed by atoms with Gasteiger partial charge in [0.15, 0.2) is 0 Å². The lowest BCUT2D eigenvalue weighted by molar-refractivity contribution is -0.388. The largest absolute Gasteiger partial charge is 0.368 e. The molecule has 2 rings (SSSR count). The van der Waals surface area contributed by atoms with Gasteiger partial charge in [-0.25, -0.2) is 14.6 Å². The summed E-state index contributed by atoms with van der Waals surface area (Å²) in [7, 11) is 0. The summed E-state index contributed by atoms with van der Waals surface area (Å²) in [6.45, 7) is 0. The molecule has 0 atom stereocenters. The molecule has 15 heavy (non-hydrogen) atoms. The van der Waals surface area contributed by atoms with Crippen LogP contribution in [0.2, 0.25) is 0 Å². The molecule has 8 heteroatoms. The maximum absolute atomic E-state index is 13.1. The lowest BCUT2D eigenvalue weighted by Gasteiger charge is -2.00. The van der Waals surface area contributed by atoms with Crippen molar-refractivity contribution in [3.63, 3.8) is 0 Å². The monoisotopic (exact) mass is 209 g/mol. The van der Waals surface area contributed by atoms with E-state index < -0.39 is 16.6 Å². The van der Waals surface area contributed by atoms with Gasteiger partial charge < -0.3 is 0 Å². The summed E-state index contributed by atoms with van der Waals surface area (Å²) in [5.41, 5.74) is -0.791. The van der Waals surface area contributed by atoms with Gasteiger partial charge in [0.25, 0.3) is 5.95 Å². The van der Waals surface area contributed by atoms with Crippen molar-refractivity contribution < 1.29 is 9.31 Å². The highest BCUT2D eigenvalue weighted by Gasteiger charge is 2.24. The number of halogens is 1. The number of nitro groups is 1. The van der Waals surface area contributed by atoms with Crippen molar-refractivity contribution in [2.24, 2.45) is 0 Å². The summed E-state index contributed by atoms with van der Waals surface area (Å²) in [5, 5.41) is 14.3. The van der Waals surface area contributed by atoms with Crippen LogP contribution >= 0.6 is 0 Å². The Labute approximate surface area is 82.4 Å². The van der Waals surface area contributed by atoms with Crippen LogP contribution in [0, 0.1) is 16.1 Å². The molecular weight excluding hydrogens is 205 g/mol. The molecule has 0 fully saturated rings. The third-order valence-corrected chi connectivity index (χ3v) is 1.66. The minimum absolute atomic E-state index is 0.197. The average Bonchev–Trinajstić information content (AvgIpc) is 2.69. The van der Waals surface area contributed by atoms with Gasteiger partial charge in [0.05, 0.1) is 4.92 Å². The molecule has 0 aliphatic rings. The van der Waals surface area contributed by atoms with Crippen LogP contribution in [-0.2, 0) is 0 Å². The Hall–Kier alpha value is -2.38. The Balaban J connectivity index is 2.66. The van der Waals surface area contributed by atoms with Crippen LogP contribution in [0.15, 0.2) is 24.8 Å². The zero-order chi connectivity index (χ0) is 10.8. The molecule has 0 bridgehead atoms. The SMILES string of the molecule is O=[N+]([O-])c1c(F)ncnc1-n1cccn1. The van der Waals surface area contributed by atoms with Gasteiger partial charge in [0.2, 0.25) is 5.82 Å². The Morgan fingerprint density at radius 3 is 2.87 bits per heavy atom. The highest BCUT2D eigenvalue weighted by atomic mass is 19.1. The molecule has 0 aliphatic carbocycles. The van der Waals surface area contributed by atoms with Gasteiger partial charge in [-0.2, -0.15) is 9.49 Å². The molecule has 0 aliphatic heterocycles. The van der Waals surface area contributed by atoms with E-state index >= 15 is 0 Å². The first-order chi connectivity index (χ1) is 7.20. The van der Waals surface area contributed by atoms with Crippen molar-refractivity contribution in [2.45, 2.75) is 0 Å². The van der Waals surface area contributed by atoms with E-state index in [1.165, 1.54) is 12.4 Å². The fourth-order valence-corrected chi connectivity index (χ4v) is 1.07. The number of hydrogen-bond donors (Lipinski definition) is 0. The molecule has 0 saturated heterocycles. The summed E-state index contributed by atoms with van der Waals surface area (Å²) in [5.74, 6) is -1.38. The molecule has 0 unspecified atom stereocenters. The molecule has 2 heterocycles. The Morgan fingerprint density at radius 1 is 1.47 bits per heavy atom. The van der Waals surface area contributed by atoms with Gasteiger partial charge in [0, 0.05) is 12.4 Å². The third-order valence-electron chi connectivity index (χ3n) is 1.66. The molecule has 2 aromatic heterocycles. The maximum atomic E-state index is 13.1. The summed E-state index contributed by atoms with van der Waals surface area (Å²) in [6, 6.07) is 1.55. The molecule has 76 valence electrons. The zero-order valence-electron chi connectivity index (χ0n) is 7.24. The van der Waals surface area contributed by atoms with Crippen molar-refractivity contribution in [1.82, 2.24) is 19.7 Å². The van der Waals surface area contributed by atoms with Gasteiger partial charge in [0.1, 0.15) is 6.33 Å². The molecule has 2 aromatic rings. The van der Waals surface area contributed by atoms with Crippen molar-refractivity contribution >= 4 is 5.69 Å². The summed E-state index contributed by atoms with van der Waals surface area (Å²) in [6.07, 6.45) is 3.73. The first-order valence-corrected chi connectivity index (χ1v) is 3.85. The Kier molecular flexibility index (Phi) is 2.08. The van der Waals surface area contributed by atoms with E-state index in [1.807, 2.05) is 0 Å². The topological polar surface area (TPSA) is 86.7 Å². The fourth-order valence-electron chi connectivity index (χ4n) is 1.07. The zero-order valence-corrected chi connectivity index (χ0v) is 7.24. The third kappa shape index (κ3) is 1.52. The molecule has 0 amide bonds. The number of aromatic nitrogens is 4. The standard InChI is InChI=1S/C7H4FN5O2/c8-6-5(13(14)15)7(10-4-9-6)12-3-1-2-11-12/h1-4H. The predicted octanol–water partition coefficient (Wildman–Crippen LogP) is 0.710. The lowest BCUT2D eigenvalue weighted by atomic mass is 10.5. The first kappa shape index (κ1) is 9.19. The second-order valence-electron chi connectivity index (χ2n) is 2.54. The van der Waals surface area contributed by atoms with Gasteiger partial charge in [-0.05, 0) is 6.07 Å². The van der Waals surface area contributed by atoms with E-state index in [9.17, 15) is 14.5 Å². The average molecular weight is 209 g/mol. The van der Waals surface area contributed by atoms with Crippen LogP contribution in [0.4, 0.5) is 10.1 Å². The van der Waals surface area contributed by atoms with Gasteiger partial charge in [-0.15, -0.1) is 0 Å². The first-order valence-electron chi connectivity index (χ1n) is 3.85. The second kappa shape index (κ2) is 3.40. The second-order valence-corrected chi connectivity index (χ2v) is 2.54. The fraction of sp³-hybridized carbons (Fsp3) is 0. The minimum atomic E-state index is -1.18. The highest BCUT2D eigenvalue weighted by Crippen LogP contribution is 2.20. The predicted molar refractivity (Wildman–Crippen MR) is 45.8 cm³/mol. The molecule has 7 nitrogen and oxygen atoms in total. The number of nitrogens with zero attached hydrogens (tertiary/aromatic N) is 5. The van der Waals surface area contributed by atoms with E-state index in [-0.39, 0.29) is 5.82 Å². The molecular formula is C7H4FN5O2. The van der Waals surface area contributed by atoms with Gasteiger partial charge in [-0.3, -0.25) is 10.1 Å². The minimum Gasteiger partial charge on any atom is -0.258 e. The number of rotatable bonds is 2. The van der Waals surface area contributed by atoms with Crippen molar-refractivity contribution in [2.75, 3.05) is 0 Å². The van der Waals surface area contributed by atoms with Crippen molar-refractivity contribution in [1.29, 1.82) is 0 Å². The van der Waals surface area contributed by atoms with E-state index in [0.717, 1.165) is 11.0 Å².